The number of aliphatic hydroxyl groups excluding tert-OH is 1. The van der Waals surface area contributed by atoms with Crippen molar-refractivity contribution >= 4 is 65.0 Å². The second-order valence-corrected chi connectivity index (χ2v) is 27.4. The molecule has 0 radical (unpaired) electrons. The van der Waals surface area contributed by atoms with Gasteiger partial charge in [-0.3, -0.25) is 52.7 Å². The van der Waals surface area contributed by atoms with Crippen molar-refractivity contribution in [2.45, 2.75) is 229 Å². The van der Waals surface area contributed by atoms with E-state index >= 15 is 14.4 Å². The molecule has 1 rings (SSSR count). The first kappa shape index (κ1) is 84.5. The van der Waals surface area contributed by atoms with Crippen molar-refractivity contribution in [1.29, 1.82) is 0 Å². The number of hydrogen-bond donors (Lipinski definition) is 5. The van der Waals surface area contributed by atoms with Crippen LogP contribution in [-0.4, -0.2) is 264 Å². The topological polar surface area (TPSA) is 291 Å². The summed E-state index contributed by atoms with van der Waals surface area (Å²) in [5, 5.41) is 23.2. The number of amides is 11. The van der Waals surface area contributed by atoms with Crippen LogP contribution in [0.25, 0.3) is 0 Å². The van der Waals surface area contributed by atoms with E-state index in [1.807, 2.05) is 61.5 Å². The summed E-state index contributed by atoms with van der Waals surface area (Å²) in [5.41, 5.74) is 0. The van der Waals surface area contributed by atoms with E-state index in [2.05, 4.69) is 26.2 Å². The van der Waals surface area contributed by atoms with Crippen molar-refractivity contribution in [2.75, 3.05) is 82.1 Å². The van der Waals surface area contributed by atoms with Gasteiger partial charge in [-0.25, -0.2) is 0 Å². The Labute approximate surface area is 557 Å². The Bertz CT molecular complexity index is 2540. The first-order chi connectivity index (χ1) is 43.2. The summed E-state index contributed by atoms with van der Waals surface area (Å²) >= 11 is 0. The minimum Gasteiger partial charge on any atom is -0.390 e. The minimum absolute atomic E-state index is 0.00559. The number of carbonyl (C=O) groups is 11. The van der Waals surface area contributed by atoms with E-state index < -0.39 is 162 Å². The zero-order valence-electron chi connectivity index (χ0n) is 61.2. The zero-order valence-corrected chi connectivity index (χ0v) is 61.2. The molecule has 11 amide bonds. The summed E-state index contributed by atoms with van der Waals surface area (Å²) in [7, 11) is 9.83. The van der Waals surface area contributed by atoms with Crippen molar-refractivity contribution in [2.24, 2.45) is 35.5 Å². The second-order valence-electron chi connectivity index (χ2n) is 27.4. The van der Waals surface area contributed by atoms with Gasteiger partial charge in [-0.2, -0.15) is 0 Å². The molecule has 0 bridgehead atoms. The molecule has 25 heteroatoms. The quantitative estimate of drug-likeness (QED) is 0.103. The van der Waals surface area contributed by atoms with Crippen LogP contribution in [0.2, 0.25) is 0 Å². The van der Waals surface area contributed by atoms with Crippen LogP contribution >= 0.6 is 0 Å². The number of aliphatic hydroxyl groups is 1. The van der Waals surface area contributed by atoms with E-state index in [4.69, 9.17) is 4.74 Å². The molecule has 532 valence electrons. The van der Waals surface area contributed by atoms with E-state index in [1.165, 1.54) is 82.8 Å². The third-order valence-corrected chi connectivity index (χ3v) is 17.6. The maximum atomic E-state index is 15.2. The maximum absolute atomic E-state index is 15.2. The standard InChI is InChI=1S/C68H122N12O13/c1-26-30-33-45(15)58(82)57-62(86)71-49(27-2)64(88)73(19)39-53(81)77(23)56(48(18)93-35-32-31-34-80(28-3)29-4)61(85)72-54(43(11)12)67(91)74(20)50(36-40(5)6)60(84)69-46(16)59(83)70-47(17)63(87)75(21)51(37-41(7)8)65(89)76(22)52(38-42(9)10)66(90)78(24)55(44(13)14)68(92)79(57)25/h26,30-32,40-52,54-58,82H,27-29,33-39H2,1-25H3,(H,69,84)(H,70,83)(H,71,86)(H,72,85)/b30-26+,32-31+/t45-,46+,47-,48-,49+,50+,51+,52+,54+,55+,56+,57+,58-/m1/s1. The molecule has 93 heavy (non-hydrogen) atoms. The lowest BCUT2D eigenvalue weighted by Crippen LogP contribution is -2.63. The molecule has 5 N–H and O–H groups in total. The van der Waals surface area contributed by atoms with Gasteiger partial charge in [0.05, 0.1) is 25.4 Å². The molecule has 25 nitrogen and oxygen atoms in total. The van der Waals surface area contributed by atoms with Gasteiger partial charge in [-0.1, -0.05) is 121 Å². The Morgan fingerprint density at radius 2 is 0.978 bits per heavy atom. The summed E-state index contributed by atoms with van der Waals surface area (Å²) in [4.78, 5) is 173. The van der Waals surface area contributed by atoms with Crippen LogP contribution in [0.15, 0.2) is 24.3 Å². The lowest BCUT2D eigenvalue weighted by atomic mass is 9.91. The van der Waals surface area contributed by atoms with Gasteiger partial charge in [-0.05, 0) is 108 Å². The van der Waals surface area contributed by atoms with Crippen LogP contribution in [0.3, 0.4) is 0 Å². The summed E-state index contributed by atoms with van der Waals surface area (Å²) in [6.07, 6.45) is 5.48. The highest BCUT2D eigenvalue weighted by Crippen LogP contribution is 2.26. The fourth-order valence-corrected chi connectivity index (χ4v) is 11.5. The van der Waals surface area contributed by atoms with Crippen LogP contribution in [0.4, 0.5) is 0 Å². The molecule has 0 aliphatic carbocycles. The first-order valence-electron chi connectivity index (χ1n) is 33.5. The van der Waals surface area contributed by atoms with E-state index in [-0.39, 0.29) is 50.0 Å². The van der Waals surface area contributed by atoms with Gasteiger partial charge < -0.3 is 70.3 Å². The molecule has 0 aromatic carbocycles. The molecule has 1 aliphatic rings. The lowest BCUT2D eigenvalue weighted by Gasteiger charge is -2.41. The highest BCUT2D eigenvalue weighted by atomic mass is 16.5. The average molecular weight is 1320 g/mol. The van der Waals surface area contributed by atoms with Gasteiger partial charge in [0.2, 0.25) is 65.0 Å². The second kappa shape index (κ2) is 40.0. The third kappa shape index (κ3) is 24.7. The summed E-state index contributed by atoms with van der Waals surface area (Å²) < 4.78 is 6.22. The molecular weight excluding hydrogens is 1190 g/mol. The number of hydrogen-bond acceptors (Lipinski definition) is 14. The molecule has 13 atom stereocenters. The van der Waals surface area contributed by atoms with E-state index in [9.17, 15) is 43.5 Å². The molecule has 0 spiro atoms. The number of likely N-dealkylation sites (N-methyl/N-ethyl adjacent to an activating group) is 8. The normalized spacial score (nSPS) is 26.1. The Balaban J connectivity index is 4.40. The first-order valence-corrected chi connectivity index (χ1v) is 33.5. The summed E-state index contributed by atoms with van der Waals surface area (Å²) in [6, 6.07) is -12.9. The fourth-order valence-electron chi connectivity index (χ4n) is 11.5. The number of nitrogens with one attached hydrogen (secondary N) is 4. The molecule has 1 aliphatic heterocycles. The number of ether oxygens (including phenoxy) is 1. The largest absolute Gasteiger partial charge is 0.390 e. The number of allylic oxidation sites excluding steroid dienone is 2. The Kier molecular flexibility index (Phi) is 36.4. The maximum Gasteiger partial charge on any atom is 0.246 e. The Hall–Kier alpha value is -6.47. The van der Waals surface area contributed by atoms with Gasteiger partial charge in [0.1, 0.15) is 60.4 Å². The molecule has 1 fully saturated rings. The zero-order chi connectivity index (χ0) is 71.8. The van der Waals surface area contributed by atoms with Gasteiger partial charge in [0.15, 0.2) is 0 Å². The molecule has 1 saturated heterocycles. The van der Waals surface area contributed by atoms with Crippen LogP contribution < -0.4 is 21.3 Å². The molecule has 1 heterocycles. The lowest BCUT2D eigenvalue weighted by molar-refractivity contribution is -0.157. The van der Waals surface area contributed by atoms with Gasteiger partial charge in [0.25, 0.3) is 0 Å². The van der Waals surface area contributed by atoms with Crippen LogP contribution in [0, 0.1) is 35.5 Å². The van der Waals surface area contributed by atoms with Crippen LogP contribution in [-0.2, 0) is 57.5 Å². The van der Waals surface area contributed by atoms with Gasteiger partial charge >= 0.3 is 0 Å². The Morgan fingerprint density at radius 3 is 1.46 bits per heavy atom. The monoisotopic (exact) mass is 1310 g/mol. The van der Waals surface area contributed by atoms with E-state index in [1.54, 1.807) is 73.6 Å². The van der Waals surface area contributed by atoms with Crippen LogP contribution in [0.1, 0.15) is 157 Å². The molecule has 0 saturated carbocycles. The number of rotatable bonds is 21. The van der Waals surface area contributed by atoms with E-state index in [0.717, 1.165) is 27.8 Å². The SMILES string of the molecule is C/C=C/C[C@@H](C)[C@@H](O)[C@H]1C(=O)N[C@@H](CC)C(=O)N(C)CC(=O)N(C)[C@@H]([C@@H](C)OC/C=C/CN(CC)CC)C(=O)N[C@@H](C(C)C)C(=O)N(C)[C@@H](CC(C)C)C(=O)N[C@@H](C)C(=O)N[C@H](C)C(=O)N(C)[C@@H](CC(C)C)C(=O)N(C)[C@@H](CC(C)C)C(=O)N(C)[C@@H](C(C)C)C(=O)N1C. The van der Waals surface area contributed by atoms with Gasteiger partial charge in [-0.15, -0.1) is 0 Å². The molecular formula is C68H122N12O13. The van der Waals surface area contributed by atoms with Crippen molar-refractivity contribution in [3.8, 4) is 0 Å². The highest BCUT2D eigenvalue weighted by Gasteiger charge is 2.46. The smallest absolute Gasteiger partial charge is 0.246 e. The summed E-state index contributed by atoms with van der Waals surface area (Å²) in [6.45, 7) is 33.5. The predicted molar refractivity (Wildman–Crippen MR) is 361 cm³/mol. The number of nitrogens with zero attached hydrogens (tertiary/aromatic N) is 8. The number of carbonyl (C=O) groups excluding carboxylic acids is 11. The predicted octanol–water partition coefficient (Wildman–Crippen LogP) is 3.53. The molecule has 0 aromatic rings. The molecule has 0 unspecified atom stereocenters. The van der Waals surface area contributed by atoms with E-state index in [0.29, 0.717) is 13.0 Å². The minimum atomic E-state index is -1.64. The third-order valence-electron chi connectivity index (χ3n) is 17.6. The van der Waals surface area contributed by atoms with Crippen molar-refractivity contribution < 1.29 is 62.6 Å². The molecule has 0 aromatic heterocycles. The van der Waals surface area contributed by atoms with Crippen LogP contribution in [0.5, 0.6) is 0 Å². The van der Waals surface area contributed by atoms with Crippen molar-refractivity contribution in [3.05, 3.63) is 24.3 Å². The highest BCUT2D eigenvalue weighted by molar-refractivity contribution is 5.99. The van der Waals surface area contributed by atoms with Gasteiger partial charge in [0, 0.05) is 55.9 Å². The van der Waals surface area contributed by atoms with Crippen molar-refractivity contribution in [3.63, 3.8) is 0 Å². The summed E-state index contributed by atoms with van der Waals surface area (Å²) in [5.74, 6) is -10.1. The average Bonchev–Trinajstić information content (AvgIpc) is 0.835. The fraction of sp³-hybridized carbons (Fsp3) is 0.779. The van der Waals surface area contributed by atoms with Crippen molar-refractivity contribution in [1.82, 2.24) is 60.5 Å². The Morgan fingerprint density at radius 1 is 0.505 bits per heavy atom.